The van der Waals surface area contributed by atoms with Gasteiger partial charge in [0, 0.05) is 31.7 Å². The van der Waals surface area contributed by atoms with Crippen molar-refractivity contribution in [3.05, 3.63) is 96.8 Å². The van der Waals surface area contributed by atoms with Crippen LogP contribution in [0.15, 0.2) is 85.1 Å². The minimum Gasteiger partial charge on any atom is -0.477 e. The van der Waals surface area contributed by atoms with Gasteiger partial charge in [-0.2, -0.15) is 0 Å². The average molecular weight is 544 g/mol. The Morgan fingerprint density at radius 2 is 1.54 bits per heavy atom. The molecule has 0 saturated heterocycles. The van der Waals surface area contributed by atoms with Crippen LogP contribution in [0.2, 0.25) is 0 Å². The number of carboxylic acid groups (broad SMARTS) is 1. The molecule has 0 bridgehead atoms. The molecule has 1 radical (unpaired) electrons. The smallest absolute Gasteiger partial charge is 0.354 e. The number of nitrogens with zero attached hydrogens (tertiary/aromatic N) is 2. The van der Waals surface area contributed by atoms with Gasteiger partial charge in [-0.3, -0.25) is 0 Å². The molecular weight excluding hydrogens is 528 g/mol. The number of aromatic nitrogens is 2. The van der Waals surface area contributed by atoms with E-state index in [1.165, 1.54) is 16.8 Å². The number of rotatable bonds is 1. The van der Waals surface area contributed by atoms with Gasteiger partial charge in [0.2, 0.25) is 0 Å². The SMILES string of the molecule is O=C(O)c1ccc2ccccc2n1.[Ir].[c-]1cccc2ccc3cccnc3c12. The topological polar surface area (TPSA) is 63.1 Å². The molecule has 4 nitrogen and oxygen atoms in total. The number of carbonyl (C=O) groups is 1. The molecule has 0 aliphatic carbocycles. The average Bonchev–Trinajstić information content (AvgIpc) is 2.74. The third kappa shape index (κ3) is 4.06. The van der Waals surface area contributed by atoms with Crippen LogP contribution in [0, 0.1) is 6.07 Å². The fourth-order valence-electron chi connectivity index (χ4n) is 2.92. The third-order valence-electron chi connectivity index (χ3n) is 4.22. The molecule has 28 heavy (non-hydrogen) atoms. The van der Waals surface area contributed by atoms with Gasteiger partial charge in [0.15, 0.2) is 0 Å². The van der Waals surface area contributed by atoms with Crippen LogP contribution in [0.25, 0.3) is 32.6 Å². The number of hydrogen-bond acceptors (Lipinski definition) is 3. The number of fused-ring (bicyclic) bond motifs is 4. The summed E-state index contributed by atoms with van der Waals surface area (Å²) < 4.78 is 0. The largest absolute Gasteiger partial charge is 0.477 e. The second-order valence-corrected chi connectivity index (χ2v) is 5.97. The molecule has 5 aromatic rings. The first-order valence-electron chi connectivity index (χ1n) is 8.45. The Morgan fingerprint density at radius 3 is 2.39 bits per heavy atom. The molecule has 2 heterocycles. The van der Waals surface area contributed by atoms with Crippen molar-refractivity contribution in [2.24, 2.45) is 0 Å². The van der Waals surface area contributed by atoms with Gasteiger partial charge in [0.1, 0.15) is 5.69 Å². The second kappa shape index (κ2) is 8.70. The van der Waals surface area contributed by atoms with E-state index in [2.05, 4.69) is 40.3 Å². The quantitative estimate of drug-likeness (QED) is 0.236. The van der Waals surface area contributed by atoms with Crippen LogP contribution in [0.5, 0.6) is 0 Å². The van der Waals surface area contributed by atoms with Crippen molar-refractivity contribution in [3.8, 4) is 0 Å². The van der Waals surface area contributed by atoms with E-state index in [0.29, 0.717) is 5.52 Å². The van der Waals surface area contributed by atoms with Crippen molar-refractivity contribution in [2.75, 3.05) is 0 Å². The van der Waals surface area contributed by atoms with Gasteiger partial charge in [-0.05, 0) is 29.1 Å². The summed E-state index contributed by atoms with van der Waals surface area (Å²) in [4.78, 5) is 18.9. The first kappa shape index (κ1) is 19.6. The van der Waals surface area contributed by atoms with Gasteiger partial charge in [-0.1, -0.05) is 42.5 Å². The molecule has 0 aliphatic rings. The summed E-state index contributed by atoms with van der Waals surface area (Å²) in [5.74, 6) is -0.995. The molecule has 0 saturated carbocycles. The zero-order chi connectivity index (χ0) is 18.6. The number of pyridine rings is 2. The molecule has 1 N–H and O–H groups in total. The normalized spacial score (nSPS) is 10.1. The Kier molecular flexibility index (Phi) is 6.09. The van der Waals surface area contributed by atoms with Crippen molar-refractivity contribution >= 4 is 38.5 Å². The van der Waals surface area contributed by atoms with E-state index in [1.807, 2.05) is 42.6 Å². The summed E-state index contributed by atoms with van der Waals surface area (Å²) in [5.41, 5.74) is 1.83. The second-order valence-electron chi connectivity index (χ2n) is 5.97. The maximum absolute atomic E-state index is 10.6. The van der Waals surface area contributed by atoms with Crippen LogP contribution in [-0.4, -0.2) is 21.0 Å². The number of carboxylic acids is 1. The standard InChI is InChI=1S/C13H8N.C10H7NO2.Ir/c1-2-6-12-10(4-1)7-8-11-5-3-9-14-13(11)12;12-10(13)9-6-5-7-3-1-2-4-8(7)11-9;/h1-5,7-9H;1-6H,(H,12,13);/q-1;;. The zero-order valence-corrected chi connectivity index (χ0v) is 17.1. The molecule has 0 aliphatic heterocycles. The van der Waals surface area contributed by atoms with Crippen molar-refractivity contribution in [2.45, 2.75) is 0 Å². The number of hydrogen-bond donors (Lipinski definition) is 1. The van der Waals surface area contributed by atoms with E-state index in [4.69, 9.17) is 5.11 Å². The predicted molar refractivity (Wildman–Crippen MR) is 107 cm³/mol. The molecule has 0 atom stereocenters. The maximum atomic E-state index is 10.6. The van der Waals surface area contributed by atoms with Gasteiger partial charge >= 0.3 is 5.97 Å². The molecular formula is C23H15IrN2O2-. The molecule has 0 unspecified atom stereocenters. The third-order valence-corrected chi connectivity index (χ3v) is 4.22. The van der Waals surface area contributed by atoms with Gasteiger partial charge in [-0.25, -0.2) is 9.78 Å². The Hall–Kier alpha value is -3.14. The Labute approximate surface area is 175 Å². The van der Waals surface area contributed by atoms with Gasteiger partial charge < -0.3 is 10.1 Å². The molecule has 3 aromatic carbocycles. The van der Waals surface area contributed by atoms with Gasteiger partial charge in [-0.15, -0.1) is 35.0 Å². The Morgan fingerprint density at radius 1 is 0.821 bits per heavy atom. The summed E-state index contributed by atoms with van der Waals surface area (Å²) in [5, 5.41) is 13.1. The fraction of sp³-hybridized carbons (Fsp3) is 0. The van der Waals surface area contributed by atoms with E-state index in [-0.39, 0.29) is 25.8 Å². The molecule has 0 fully saturated rings. The van der Waals surface area contributed by atoms with E-state index in [9.17, 15) is 4.79 Å². The summed E-state index contributed by atoms with van der Waals surface area (Å²) in [7, 11) is 0. The number of benzene rings is 3. The van der Waals surface area contributed by atoms with Gasteiger partial charge in [0.05, 0.1) is 5.52 Å². The predicted octanol–water partition coefficient (Wildman–Crippen LogP) is 5.12. The first-order chi connectivity index (χ1) is 13.2. The van der Waals surface area contributed by atoms with Crippen LogP contribution in [0.4, 0.5) is 0 Å². The van der Waals surface area contributed by atoms with Crippen molar-refractivity contribution in [1.82, 2.24) is 9.97 Å². The van der Waals surface area contributed by atoms with E-state index in [0.717, 1.165) is 16.3 Å². The monoisotopic (exact) mass is 544 g/mol. The van der Waals surface area contributed by atoms with Crippen molar-refractivity contribution in [1.29, 1.82) is 0 Å². The Bertz CT molecular complexity index is 1220. The van der Waals surface area contributed by atoms with Gasteiger partial charge in [0.25, 0.3) is 0 Å². The minimum absolute atomic E-state index is 0. The summed E-state index contributed by atoms with van der Waals surface area (Å²) in [6.07, 6.45) is 1.82. The first-order valence-corrected chi connectivity index (χ1v) is 8.45. The summed E-state index contributed by atoms with van der Waals surface area (Å²) >= 11 is 0. The summed E-state index contributed by atoms with van der Waals surface area (Å²) in [6.45, 7) is 0. The van der Waals surface area contributed by atoms with Crippen LogP contribution in [0.1, 0.15) is 10.5 Å². The number of para-hydroxylation sites is 1. The molecule has 0 spiro atoms. The van der Waals surface area contributed by atoms with E-state index in [1.54, 1.807) is 12.1 Å². The zero-order valence-electron chi connectivity index (χ0n) is 14.7. The molecule has 5 heteroatoms. The molecule has 139 valence electrons. The van der Waals surface area contributed by atoms with Crippen LogP contribution >= 0.6 is 0 Å². The maximum Gasteiger partial charge on any atom is 0.354 e. The minimum atomic E-state index is -0.995. The molecule has 0 amide bonds. The molecule has 2 aromatic heterocycles. The fourth-order valence-corrected chi connectivity index (χ4v) is 2.92. The van der Waals surface area contributed by atoms with Crippen molar-refractivity contribution < 1.29 is 30.0 Å². The summed E-state index contributed by atoms with van der Waals surface area (Å²) in [6, 6.07) is 28.1. The van der Waals surface area contributed by atoms with Crippen LogP contribution in [-0.2, 0) is 20.1 Å². The molecule has 5 rings (SSSR count). The van der Waals surface area contributed by atoms with Crippen LogP contribution in [0.3, 0.4) is 0 Å². The number of aromatic carboxylic acids is 1. The van der Waals surface area contributed by atoms with Crippen molar-refractivity contribution in [3.63, 3.8) is 0 Å². The van der Waals surface area contributed by atoms with Crippen LogP contribution < -0.4 is 0 Å². The van der Waals surface area contributed by atoms with E-state index < -0.39 is 5.97 Å². The van der Waals surface area contributed by atoms with E-state index >= 15 is 0 Å². The Balaban J connectivity index is 0.000000156.